The number of hydrogen-bond acceptors (Lipinski definition) is 4. The summed E-state index contributed by atoms with van der Waals surface area (Å²) in [6.45, 7) is 1.40. The summed E-state index contributed by atoms with van der Waals surface area (Å²) in [5.41, 5.74) is 1.51. The smallest absolute Gasteiger partial charge is 0.337 e. The molecule has 1 saturated heterocycles. The summed E-state index contributed by atoms with van der Waals surface area (Å²) in [7, 11) is 1.35. The summed E-state index contributed by atoms with van der Waals surface area (Å²) < 4.78 is 4.65. The number of piperidine rings is 1. The Balaban J connectivity index is 2.05. The molecule has 0 bridgehead atoms. The molecular weight excluding hydrogens is 258 g/mol. The van der Waals surface area contributed by atoms with E-state index in [2.05, 4.69) is 4.74 Å². The van der Waals surface area contributed by atoms with Gasteiger partial charge in [0.1, 0.15) is 6.04 Å². The first kappa shape index (κ1) is 14.5. The van der Waals surface area contributed by atoms with Crippen LogP contribution in [0, 0.1) is 0 Å². The number of rotatable bonds is 4. The minimum Gasteiger partial charge on any atom is -0.480 e. The highest BCUT2D eigenvalue weighted by Crippen LogP contribution is 2.20. The standard InChI is InChI=1S/C15H19NO4/c1-20-15(19)12-7-5-11(6-8-12)10-16-9-3-2-4-13(16)14(17)18/h5-8,13H,2-4,9-10H2,1H3,(H,17,18). The number of carboxylic acids is 1. The lowest BCUT2D eigenvalue weighted by atomic mass is 10.0. The Hall–Kier alpha value is -1.88. The predicted octanol–water partition coefficient (Wildman–Crippen LogP) is 1.91. The number of ether oxygens (including phenoxy) is 1. The number of hydrogen-bond donors (Lipinski definition) is 1. The third kappa shape index (κ3) is 3.36. The monoisotopic (exact) mass is 277 g/mol. The zero-order valence-corrected chi connectivity index (χ0v) is 11.5. The fourth-order valence-corrected chi connectivity index (χ4v) is 2.56. The van der Waals surface area contributed by atoms with Crippen molar-refractivity contribution in [1.29, 1.82) is 0 Å². The maximum atomic E-state index is 11.3. The number of carbonyl (C=O) groups excluding carboxylic acids is 1. The van der Waals surface area contributed by atoms with Gasteiger partial charge in [0.05, 0.1) is 12.7 Å². The van der Waals surface area contributed by atoms with Crippen molar-refractivity contribution in [2.75, 3.05) is 13.7 Å². The molecule has 5 heteroatoms. The lowest BCUT2D eigenvalue weighted by Gasteiger charge is -2.32. The highest BCUT2D eigenvalue weighted by molar-refractivity contribution is 5.89. The molecule has 20 heavy (non-hydrogen) atoms. The van der Waals surface area contributed by atoms with E-state index in [1.165, 1.54) is 7.11 Å². The molecule has 0 spiro atoms. The summed E-state index contributed by atoms with van der Waals surface area (Å²) >= 11 is 0. The summed E-state index contributed by atoms with van der Waals surface area (Å²) in [6, 6.07) is 6.71. The molecule has 0 saturated carbocycles. The molecule has 0 aliphatic carbocycles. The van der Waals surface area contributed by atoms with Crippen LogP contribution in [-0.4, -0.2) is 41.6 Å². The Kier molecular flexibility index (Phi) is 4.74. The summed E-state index contributed by atoms with van der Waals surface area (Å²) in [5, 5.41) is 9.23. The van der Waals surface area contributed by atoms with Crippen LogP contribution >= 0.6 is 0 Å². The van der Waals surface area contributed by atoms with Crippen LogP contribution in [0.4, 0.5) is 0 Å². The molecule has 0 radical (unpaired) electrons. The Bertz CT molecular complexity index is 483. The molecule has 1 aromatic rings. The van der Waals surface area contributed by atoms with E-state index in [1.807, 2.05) is 17.0 Å². The summed E-state index contributed by atoms with van der Waals surface area (Å²) in [4.78, 5) is 24.6. The first-order chi connectivity index (χ1) is 9.61. The van der Waals surface area contributed by atoms with Crippen molar-refractivity contribution in [2.45, 2.75) is 31.8 Å². The van der Waals surface area contributed by atoms with Gasteiger partial charge in [0.2, 0.25) is 0 Å². The number of benzene rings is 1. The van der Waals surface area contributed by atoms with E-state index in [-0.39, 0.29) is 5.97 Å². The van der Waals surface area contributed by atoms with Gasteiger partial charge in [-0.3, -0.25) is 9.69 Å². The number of esters is 1. The van der Waals surface area contributed by atoms with E-state index in [0.29, 0.717) is 18.5 Å². The maximum Gasteiger partial charge on any atom is 0.337 e. The van der Waals surface area contributed by atoms with Gasteiger partial charge in [-0.15, -0.1) is 0 Å². The first-order valence-electron chi connectivity index (χ1n) is 6.76. The average molecular weight is 277 g/mol. The molecule has 5 nitrogen and oxygen atoms in total. The fourth-order valence-electron chi connectivity index (χ4n) is 2.56. The molecule has 0 amide bonds. The van der Waals surface area contributed by atoms with Gasteiger partial charge in [0.25, 0.3) is 0 Å². The van der Waals surface area contributed by atoms with Crippen molar-refractivity contribution < 1.29 is 19.4 Å². The van der Waals surface area contributed by atoms with Gasteiger partial charge < -0.3 is 9.84 Å². The van der Waals surface area contributed by atoms with E-state index in [9.17, 15) is 14.7 Å². The van der Waals surface area contributed by atoms with Crippen LogP contribution in [0.5, 0.6) is 0 Å². The SMILES string of the molecule is COC(=O)c1ccc(CN2CCCCC2C(=O)O)cc1. The number of aliphatic carboxylic acids is 1. The number of carbonyl (C=O) groups is 2. The molecule has 108 valence electrons. The quantitative estimate of drug-likeness (QED) is 0.852. The van der Waals surface area contributed by atoms with Crippen molar-refractivity contribution >= 4 is 11.9 Å². The number of likely N-dealkylation sites (tertiary alicyclic amines) is 1. The third-order valence-electron chi connectivity index (χ3n) is 3.66. The molecule has 0 aromatic heterocycles. The Labute approximate surface area is 118 Å². The second-order valence-corrected chi connectivity index (χ2v) is 5.01. The topological polar surface area (TPSA) is 66.8 Å². The van der Waals surface area contributed by atoms with E-state index < -0.39 is 12.0 Å². The molecule has 2 rings (SSSR count). The maximum absolute atomic E-state index is 11.3. The highest BCUT2D eigenvalue weighted by atomic mass is 16.5. The molecule has 1 unspecified atom stereocenters. The van der Waals surface area contributed by atoms with Crippen LogP contribution in [0.2, 0.25) is 0 Å². The molecule has 1 N–H and O–H groups in total. The lowest BCUT2D eigenvalue weighted by molar-refractivity contribution is -0.144. The van der Waals surface area contributed by atoms with Gasteiger partial charge >= 0.3 is 11.9 Å². The number of carboxylic acid groups (broad SMARTS) is 1. The van der Waals surface area contributed by atoms with Gasteiger partial charge in [-0.2, -0.15) is 0 Å². The molecule has 1 atom stereocenters. The summed E-state index contributed by atoms with van der Waals surface area (Å²) in [5.74, 6) is -1.12. The van der Waals surface area contributed by atoms with Gasteiger partial charge in [0, 0.05) is 6.54 Å². The predicted molar refractivity (Wildman–Crippen MR) is 73.5 cm³/mol. The summed E-state index contributed by atoms with van der Waals surface area (Å²) in [6.07, 6.45) is 2.70. The highest BCUT2D eigenvalue weighted by Gasteiger charge is 2.28. The van der Waals surface area contributed by atoms with Gasteiger partial charge in [-0.25, -0.2) is 4.79 Å². The van der Waals surface area contributed by atoms with Crippen LogP contribution in [0.15, 0.2) is 24.3 Å². The van der Waals surface area contributed by atoms with Gasteiger partial charge in [-0.1, -0.05) is 18.6 Å². The van der Waals surface area contributed by atoms with E-state index in [1.54, 1.807) is 12.1 Å². The zero-order chi connectivity index (χ0) is 14.5. The van der Waals surface area contributed by atoms with Crippen LogP contribution < -0.4 is 0 Å². The number of nitrogens with zero attached hydrogens (tertiary/aromatic N) is 1. The normalized spacial score (nSPS) is 19.6. The van der Waals surface area contributed by atoms with E-state index in [0.717, 1.165) is 24.9 Å². The van der Waals surface area contributed by atoms with E-state index >= 15 is 0 Å². The minimum absolute atomic E-state index is 0.363. The first-order valence-corrected chi connectivity index (χ1v) is 6.76. The van der Waals surface area contributed by atoms with Crippen molar-refractivity contribution in [1.82, 2.24) is 4.90 Å². The van der Waals surface area contributed by atoms with E-state index in [4.69, 9.17) is 0 Å². The van der Waals surface area contributed by atoms with Crippen LogP contribution in [-0.2, 0) is 16.1 Å². The van der Waals surface area contributed by atoms with Gasteiger partial charge in [-0.05, 0) is 37.1 Å². The minimum atomic E-state index is -0.754. The van der Waals surface area contributed by atoms with Crippen LogP contribution in [0.25, 0.3) is 0 Å². The van der Waals surface area contributed by atoms with Crippen molar-refractivity contribution in [3.63, 3.8) is 0 Å². The van der Waals surface area contributed by atoms with Crippen molar-refractivity contribution in [3.05, 3.63) is 35.4 Å². The second kappa shape index (κ2) is 6.52. The molecule has 1 aliphatic heterocycles. The lowest BCUT2D eigenvalue weighted by Crippen LogP contribution is -2.43. The second-order valence-electron chi connectivity index (χ2n) is 5.01. The molecular formula is C15H19NO4. The fraction of sp³-hybridized carbons (Fsp3) is 0.467. The van der Waals surface area contributed by atoms with Crippen molar-refractivity contribution in [3.8, 4) is 0 Å². The molecule has 1 fully saturated rings. The average Bonchev–Trinajstić information content (AvgIpc) is 2.47. The molecule has 1 aliphatic rings. The van der Waals surface area contributed by atoms with Crippen LogP contribution in [0.3, 0.4) is 0 Å². The third-order valence-corrected chi connectivity index (χ3v) is 3.66. The molecule has 1 heterocycles. The van der Waals surface area contributed by atoms with Gasteiger partial charge in [0.15, 0.2) is 0 Å². The molecule has 1 aromatic carbocycles. The van der Waals surface area contributed by atoms with Crippen molar-refractivity contribution in [2.24, 2.45) is 0 Å². The van der Waals surface area contributed by atoms with Crippen LogP contribution in [0.1, 0.15) is 35.2 Å². The zero-order valence-electron chi connectivity index (χ0n) is 11.5. The Morgan fingerprint density at radius 3 is 2.60 bits per heavy atom. The number of methoxy groups -OCH3 is 1. The largest absolute Gasteiger partial charge is 0.480 e. The Morgan fingerprint density at radius 1 is 1.30 bits per heavy atom. The Morgan fingerprint density at radius 2 is 2.00 bits per heavy atom.